The van der Waals surface area contributed by atoms with Gasteiger partial charge in [0.25, 0.3) is 5.91 Å². The fraction of sp³-hybridized carbons (Fsp3) is 0.476. The van der Waals surface area contributed by atoms with Crippen LogP contribution in [0.4, 0.5) is 0 Å². The Morgan fingerprint density at radius 3 is 2.96 bits per heavy atom. The van der Waals surface area contributed by atoms with Gasteiger partial charge in [-0.1, -0.05) is 12.1 Å². The number of aromatic nitrogens is 4. The van der Waals surface area contributed by atoms with Crippen molar-refractivity contribution in [2.75, 3.05) is 19.6 Å². The lowest BCUT2D eigenvalue weighted by Gasteiger charge is -2.22. The summed E-state index contributed by atoms with van der Waals surface area (Å²) in [6.07, 6.45) is 4.83. The summed E-state index contributed by atoms with van der Waals surface area (Å²) in [5.74, 6) is 0.866. The average molecular weight is 380 g/mol. The minimum absolute atomic E-state index is 0.130. The maximum atomic E-state index is 12.5. The Hall–Kier alpha value is -2.67. The van der Waals surface area contributed by atoms with E-state index < -0.39 is 0 Å². The number of hydrogen-bond donors (Lipinski definition) is 2. The highest BCUT2D eigenvalue weighted by molar-refractivity contribution is 5.92. The van der Waals surface area contributed by atoms with Gasteiger partial charge in [-0.3, -0.25) is 9.48 Å². The van der Waals surface area contributed by atoms with Gasteiger partial charge in [-0.05, 0) is 51.4 Å². The van der Waals surface area contributed by atoms with Crippen LogP contribution >= 0.6 is 0 Å². The second-order valence-corrected chi connectivity index (χ2v) is 7.67. The molecule has 0 bridgehead atoms. The van der Waals surface area contributed by atoms with Crippen molar-refractivity contribution in [3.05, 3.63) is 48.0 Å². The van der Waals surface area contributed by atoms with Crippen LogP contribution in [0.1, 0.15) is 55.1 Å². The molecule has 1 atom stereocenters. The molecule has 0 radical (unpaired) electrons. The third-order valence-electron chi connectivity index (χ3n) is 5.31. The van der Waals surface area contributed by atoms with Crippen LogP contribution in [0.25, 0.3) is 11.0 Å². The lowest BCUT2D eigenvalue weighted by molar-refractivity contribution is 0.0947. The van der Waals surface area contributed by atoms with Crippen LogP contribution in [0.3, 0.4) is 0 Å². The average Bonchev–Trinajstić information content (AvgIpc) is 3.33. The topological polar surface area (TPSA) is 76.8 Å². The lowest BCUT2D eigenvalue weighted by Crippen LogP contribution is -2.32. The number of benzene rings is 1. The number of nitrogens with zero attached hydrogens (tertiary/aromatic N) is 4. The molecule has 1 aliphatic heterocycles. The van der Waals surface area contributed by atoms with Crippen LogP contribution in [0, 0.1) is 0 Å². The first-order valence-corrected chi connectivity index (χ1v) is 10.1. The molecule has 2 aromatic heterocycles. The Bertz CT molecular complexity index is 951. The minimum Gasteiger partial charge on any atom is -0.350 e. The summed E-state index contributed by atoms with van der Waals surface area (Å²) in [6, 6.07) is 10.6. The Kier molecular flexibility index (Phi) is 5.43. The van der Waals surface area contributed by atoms with Crippen molar-refractivity contribution in [3.63, 3.8) is 0 Å². The van der Waals surface area contributed by atoms with E-state index in [1.807, 2.05) is 29.1 Å². The summed E-state index contributed by atoms with van der Waals surface area (Å²) in [5, 5.41) is 10.9. The molecular formula is C21H28N6O. The highest BCUT2D eigenvalue weighted by atomic mass is 16.1. The largest absolute Gasteiger partial charge is 0.350 e. The summed E-state index contributed by atoms with van der Waals surface area (Å²) in [4.78, 5) is 17.2. The van der Waals surface area contributed by atoms with Crippen LogP contribution in [0.15, 0.2) is 36.5 Å². The van der Waals surface area contributed by atoms with Crippen LogP contribution in [0.2, 0.25) is 0 Å². The van der Waals surface area contributed by atoms with Gasteiger partial charge < -0.3 is 15.2 Å². The number of amides is 1. The van der Waals surface area contributed by atoms with E-state index in [-0.39, 0.29) is 5.91 Å². The molecule has 3 aromatic rings. The maximum Gasteiger partial charge on any atom is 0.271 e. The lowest BCUT2D eigenvalue weighted by atomic mass is 10.1. The number of imidazole rings is 1. The van der Waals surface area contributed by atoms with Crippen LogP contribution in [-0.2, 0) is 6.42 Å². The van der Waals surface area contributed by atoms with E-state index >= 15 is 0 Å². The number of para-hydroxylation sites is 2. The van der Waals surface area contributed by atoms with E-state index in [0.717, 1.165) is 42.8 Å². The van der Waals surface area contributed by atoms with Crippen molar-refractivity contribution < 1.29 is 4.79 Å². The van der Waals surface area contributed by atoms with Gasteiger partial charge in [0.05, 0.1) is 17.1 Å². The normalized spacial score (nSPS) is 17.3. The molecule has 1 unspecified atom stereocenters. The van der Waals surface area contributed by atoms with Crippen molar-refractivity contribution in [1.82, 2.24) is 30.0 Å². The van der Waals surface area contributed by atoms with Crippen molar-refractivity contribution in [3.8, 4) is 0 Å². The molecule has 7 nitrogen and oxygen atoms in total. The molecule has 148 valence electrons. The van der Waals surface area contributed by atoms with Crippen molar-refractivity contribution >= 4 is 16.9 Å². The first kappa shape index (κ1) is 18.7. The summed E-state index contributed by atoms with van der Waals surface area (Å²) in [5.41, 5.74) is 2.61. The van der Waals surface area contributed by atoms with E-state index in [2.05, 4.69) is 40.2 Å². The van der Waals surface area contributed by atoms with Crippen molar-refractivity contribution in [1.29, 1.82) is 0 Å². The van der Waals surface area contributed by atoms with Gasteiger partial charge >= 0.3 is 0 Å². The number of carbonyl (C=O) groups is 1. The van der Waals surface area contributed by atoms with Gasteiger partial charge in [0.15, 0.2) is 0 Å². The molecule has 7 heteroatoms. The number of rotatable bonds is 6. The quantitative estimate of drug-likeness (QED) is 0.689. The molecule has 1 aliphatic rings. The summed E-state index contributed by atoms with van der Waals surface area (Å²) in [6.45, 7) is 6.82. The van der Waals surface area contributed by atoms with Gasteiger partial charge in [0.2, 0.25) is 0 Å². The fourth-order valence-electron chi connectivity index (χ4n) is 3.95. The molecule has 4 rings (SSSR count). The first-order chi connectivity index (χ1) is 13.6. The van der Waals surface area contributed by atoms with E-state index in [0.29, 0.717) is 30.7 Å². The summed E-state index contributed by atoms with van der Waals surface area (Å²) < 4.78 is 4.16. The number of carbonyl (C=O) groups excluding carboxylic acids is 1. The van der Waals surface area contributed by atoms with E-state index in [1.165, 1.54) is 0 Å². The van der Waals surface area contributed by atoms with Crippen LogP contribution < -0.4 is 10.6 Å². The van der Waals surface area contributed by atoms with Gasteiger partial charge in [-0.15, -0.1) is 0 Å². The fourth-order valence-corrected chi connectivity index (χ4v) is 3.95. The molecule has 1 fully saturated rings. The molecule has 2 N–H and O–H groups in total. The predicted molar refractivity (Wildman–Crippen MR) is 110 cm³/mol. The van der Waals surface area contributed by atoms with Crippen LogP contribution in [0.5, 0.6) is 0 Å². The molecule has 0 spiro atoms. The Balaban J connectivity index is 1.39. The van der Waals surface area contributed by atoms with Gasteiger partial charge in [0.1, 0.15) is 11.5 Å². The molecule has 0 saturated carbocycles. The number of fused-ring (bicyclic) bond motifs is 1. The van der Waals surface area contributed by atoms with E-state index in [4.69, 9.17) is 4.98 Å². The Morgan fingerprint density at radius 1 is 1.32 bits per heavy atom. The second kappa shape index (κ2) is 8.14. The number of nitrogens with one attached hydrogen (secondary N) is 2. The summed E-state index contributed by atoms with van der Waals surface area (Å²) >= 11 is 0. The van der Waals surface area contributed by atoms with Crippen LogP contribution in [-0.4, -0.2) is 44.9 Å². The third kappa shape index (κ3) is 3.80. The zero-order chi connectivity index (χ0) is 19.5. The van der Waals surface area contributed by atoms with Gasteiger partial charge in [-0.25, -0.2) is 4.98 Å². The number of piperidine rings is 1. The molecule has 1 amide bonds. The van der Waals surface area contributed by atoms with Gasteiger partial charge in [-0.2, -0.15) is 5.10 Å². The zero-order valence-electron chi connectivity index (χ0n) is 16.6. The molecule has 28 heavy (non-hydrogen) atoms. The monoisotopic (exact) mass is 380 g/mol. The van der Waals surface area contributed by atoms with Crippen molar-refractivity contribution in [2.45, 2.75) is 45.2 Å². The minimum atomic E-state index is -0.130. The zero-order valence-corrected chi connectivity index (χ0v) is 16.6. The molecule has 3 heterocycles. The molecule has 0 aliphatic carbocycles. The Labute approximate surface area is 165 Å². The molecular weight excluding hydrogens is 352 g/mol. The van der Waals surface area contributed by atoms with E-state index in [9.17, 15) is 4.79 Å². The van der Waals surface area contributed by atoms with Crippen molar-refractivity contribution in [2.24, 2.45) is 0 Å². The highest BCUT2D eigenvalue weighted by Crippen LogP contribution is 2.21. The predicted octanol–water partition coefficient (Wildman–Crippen LogP) is 2.71. The third-order valence-corrected chi connectivity index (χ3v) is 5.31. The highest BCUT2D eigenvalue weighted by Gasteiger charge is 2.18. The van der Waals surface area contributed by atoms with Gasteiger partial charge in [0, 0.05) is 31.7 Å². The first-order valence-electron chi connectivity index (χ1n) is 10.1. The number of hydrogen-bond acceptors (Lipinski definition) is 4. The smallest absolute Gasteiger partial charge is 0.271 e. The second-order valence-electron chi connectivity index (χ2n) is 7.67. The van der Waals surface area contributed by atoms with E-state index in [1.54, 1.807) is 6.07 Å². The maximum absolute atomic E-state index is 12.5. The molecule has 1 saturated heterocycles. The molecule has 1 aromatic carbocycles. The Morgan fingerprint density at radius 2 is 2.18 bits per heavy atom. The standard InChI is InChI=1S/C21H28N6O/c1-15(2)27-19-8-4-3-7-17(19)24-20(27)9-12-23-21(28)18-10-13-26(25-18)16-6-5-11-22-14-16/h3-4,7-8,10,13,15-16,22H,5-6,9,11-12,14H2,1-2H3,(H,23,28). The SMILES string of the molecule is CC(C)n1c(CCNC(=O)c2ccn(C3CCCNC3)n2)nc2ccccc21. The summed E-state index contributed by atoms with van der Waals surface area (Å²) in [7, 11) is 0.